The number of hydrogen-bond acceptors (Lipinski definition) is 7. The SMILES string of the molecule is O=C(NCc1noc(-c2cccs2)n1)c1coc(C2CC2)n1. The number of hydrogen-bond donors (Lipinski definition) is 1. The van der Waals surface area contributed by atoms with Gasteiger partial charge < -0.3 is 14.3 Å². The normalized spacial score (nSPS) is 14.2. The lowest BCUT2D eigenvalue weighted by Gasteiger charge is -1.97. The Morgan fingerprint density at radius 3 is 3.09 bits per heavy atom. The van der Waals surface area contributed by atoms with E-state index in [2.05, 4.69) is 20.4 Å². The number of thiophene rings is 1. The van der Waals surface area contributed by atoms with Gasteiger partial charge in [-0.3, -0.25) is 4.79 Å². The van der Waals surface area contributed by atoms with Crippen LogP contribution in [0.25, 0.3) is 10.8 Å². The maximum Gasteiger partial charge on any atom is 0.273 e. The zero-order valence-corrected chi connectivity index (χ0v) is 12.3. The highest BCUT2D eigenvalue weighted by Crippen LogP contribution is 2.39. The molecule has 0 spiro atoms. The van der Waals surface area contributed by atoms with E-state index in [9.17, 15) is 4.79 Å². The maximum absolute atomic E-state index is 12.0. The van der Waals surface area contributed by atoms with E-state index in [1.54, 1.807) is 0 Å². The Morgan fingerprint density at radius 1 is 1.41 bits per heavy atom. The van der Waals surface area contributed by atoms with Crippen molar-refractivity contribution in [1.82, 2.24) is 20.4 Å². The quantitative estimate of drug-likeness (QED) is 0.777. The van der Waals surface area contributed by atoms with Crippen LogP contribution in [0.1, 0.15) is 41.0 Å². The van der Waals surface area contributed by atoms with Crippen molar-refractivity contribution < 1.29 is 13.7 Å². The van der Waals surface area contributed by atoms with Gasteiger partial charge in [0.1, 0.15) is 6.26 Å². The summed E-state index contributed by atoms with van der Waals surface area (Å²) in [7, 11) is 0. The number of oxazole rings is 1. The van der Waals surface area contributed by atoms with Gasteiger partial charge in [0, 0.05) is 5.92 Å². The van der Waals surface area contributed by atoms with Crippen LogP contribution in [0.2, 0.25) is 0 Å². The largest absolute Gasteiger partial charge is 0.448 e. The minimum Gasteiger partial charge on any atom is -0.448 e. The smallest absolute Gasteiger partial charge is 0.273 e. The summed E-state index contributed by atoms with van der Waals surface area (Å²) >= 11 is 1.52. The number of nitrogens with one attached hydrogen (secondary N) is 1. The molecule has 0 atom stereocenters. The Balaban J connectivity index is 1.38. The summed E-state index contributed by atoms with van der Waals surface area (Å²) in [6.07, 6.45) is 3.54. The molecule has 3 aromatic rings. The first kappa shape index (κ1) is 13.2. The van der Waals surface area contributed by atoms with E-state index in [0.29, 0.717) is 23.5 Å². The van der Waals surface area contributed by atoms with Crippen LogP contribution in [0.15, 0.2) is 32.7 Å². The van der Waals surface area contributed by atoms with Crippen molar-refractivity contribution in [3.63, 3.8) is 0 Å². The standard InChI is InChI=1S/C14H12N4O3S/c19-12(9-7-20-13(16-9)8-3-4-8)15-6-11-17-14(21-18-11)10-2-1-5-22-10/h1-2,5,7-8H,3-4,6H2,(H,15,19). The summed E-state index contributed by atoms with van der Waals surface area (Å²) in [4.78, 5) is 21.3. The summed E-state index contributed by atoms with van der Waals surface area (Å²) in [5, 5.41) is 8.48. The summed E-state index contributed by atoms with van der Waals surface area (Å²) in [6.45, 7) is 0.180. The van der Waals surface area contributed by atoms with Crippen LogP contribution in [0, 0.1) is 0 Å². The molecule has 1 N–H and O–H groups in total. The minimum absolute atomic E-state index is 0.180. The van der Waals surface area contributed by atoms with Gasteiger partial charge in [0.05, 0.1) is 11.4 Å². The van der Waals surface area contributed by atoms with Crippen LogP contribution in [-0.4, -0.2) is 21.0 Å². The van der Waals surface area contributed by atoms with Gasteiger partial charge in [-0.2, -0.15) is 4.98 Å². The highest BCUT2D eigenvalue weighted by Gasteiger charge is 2.29. The molecule has 0 radical (unpaired) electrons. The number of carbonyl (C=O) groups excluding carboxylic acids is 1. The van der Waals surface area contributed by atoms with Crippen molar-refractivity contribution in [2.45, 2.75) is 25.3 Å². The molecule has 0 unspecified atom stereocenters. The molecule has 0 saturated heterocycles. The third kappa shape index (κ3) is 2.64. The van der Waals surface area contributed by atoms with Gasteiger partial charge in [-0.1, -0.05) is 11.2 Å². The first-order valence-corrected chi connectivity index (χ1v) is 7.77. The molecule has 1 amide bonds. The second kappa shape index (κ2) is 5.38. The first-order chi connectivity index (χ1) is 10.8. The van der Waals surface area contributed by atoms with Gasteiger partial charge in [-0.15, -0.1) is 11.3 Å². The van der Waals surface area contributed by atoms with Crippen LogP contribution in [-0.2, 0) is 6.54 Å². The molecular weight excluding hydrogens is 304 g/mol. The maximum atomic E-state index is 12.0. The molecule has 0 bridgehead atoms. The van der Waals surface area contributed by atoms with Crippen molar-refractivity contribution in [3.05, 3.63) is 41.2 Å². The lowest BCUT2D eigenvalue weighted by molar-refractivity contribution is 0.0944. The highest BCUT2D eigenvalue weighted by atomic mass is 32.1. The van der Waals surface area contributed by atoms with Crippen molar-refractivity contribution >= 4 is 17.2 Å². The number of amides is 1. The van der Waals surface area contributed by atoms with Gasteiger partial charge in [-0.25, -0.2) is 4.98 Å². The third-order valence-electron chi connectivity index (χ3n) is 3.29. The molecule has 4 rings (SSSR count). The molecule has 8 heteroatoms. The van der Waals surface area contributed by atoms with Crippen LogP contribution >= 0.6 is 11.3 Å². The molecule has 1 saturated carbocycles. The van der Waals surface area contributed by atoms with E-state index in [1.807, 2.05) is 17.5 Å². The molecular formula is C14H12N4O3S. The van der Waals surface area contributed by atoms with E-state index in [0.717, 1.165) is 17.7 Å². The average Bonchev–Trinajstić information content (AvgIpc) is 3.02. The average molecular weight is 316 g/mol. The van der Waals surface area contributed by atoms with Crippen molar-refractivity contribution in [2.75, 3.05) is 0 Å². The van der Waals surface area contributed by atoms with Gasteiger partial charge in [-0.05, 0) is 24.3 Å². The molecule has 7 nitrogen and oxygen atoms in total. The van der Waals surface area contributed by atoms with Crippen molar-refractivity contribution in [2.24, 2.45) is 0 Å². The Labute approximate surface area is 129 Å². The molecule has 1 aliphatic carbocycles. The number of rotatable bonds is 5. The topological polar surface area (TPSA) is 94.1 Å². The fourth-order valence-corrected chi connectivity index (χ4v) is 2.63. The van der Waals surface area contributed by atoms with Gasteiger partial charge in [0.2, 0.25) is 0 Å². The Morgan fingerprint density at radius 2 is 2.32 bits per heavy atom. The number of aromatic nitrogens is 3. The zero-order chi connectivity index (χ0) is 14.9. The second-order valence-corrected chi connectivity index (χ2v) is 5.97. The van der Waals surface area contributed by atoms with Crippen molar-refractivity contribution in [1.29, 1.82) is 0 Å². The molecule has 3 aromatic heterocycles. The monoisotopic (exact) mass is 316 g/mol. The lowest BCUT2D eigenvalue weighted by Crippen LogP contribution is -2.23. The van der Waals surface area contributed by atoms with Crippen LogP contribution < -0.4 is 5.32 Å². The van der Waals surface area contributed by atoms with Crippen LogP contribution in [0.3, 0.4) is 0 Å². The number of nitrogens with zero attached hydrogens (tertiary/aromatic N) is 3. The summed E-state index contributed by atoms with van der Waals surface area (Å²) < 4.78 is 10.4. The summed E-state index contributed by atoms with van der Waals surface area (Å²) in [5.74, 6) is 1.59. The summed E-state index contributed by atoms with van der Waals surface area (Å²) in [6, 6.07) is 3.81. The highest BCUT2D eigenvalue weighted by molar-refractivity contribution is 7.13. The van der Waals surface area contributed by atoms with Crippen molar-refractivity contribution in [3.8, 4) is 10.8 Å². The Bertz CT molecular complexity index is 789. The van der Waals surface area contributed by atoms with E-state index in [4.69, 9.17) is 8.94 Å². The molecule has 22 heavy (non-hydrogen) atoms. The van der Waals surface area contributed by atoms with E-state index in [1.165, 1.54) is 17.6 Å². The zero-order valence-electron chi connectivity index (χ0n) is 11.5. The third-order valence-corrected chi connectivity index (χ3v) is 4.15. The van der Waals surface area contributed by atoms with Gasteiger partial charge in [0.25, 0.3) is 11.8 Å². The fourth-order valence-electron chi connectivity index (χ4n) is 1.99. The molecule has 1 aliphatic rings. The molecule has 0 aliphatic heterocycles. The lowest BCUT2D eigenvalue weighted by atomic mass is 10.4. The van der Waals surface area contributed by atoms with Crippen LogP contribution in [0.5, 0.6) is 0 Å². The van der Waals surface area contributed by atoms with Gasteiger partial charge >= 0.3 is 0 Å². The van der Waals surface area contributed by atoms with E-state index in [-0.39, 0.29) is 18.1 Å². The Kier molecular flexibility index (Phi) is 3.23. The van der Waals surface area contributed by atoms with Crippen LogP contribution in [0.4, 0.5) is 0 Å². The molecule has 0 aromatic carbocycles. The second-order valence-electron chi connectivity index (χ2n) is 5.02. The summed E-state index contributed by atoms with van der Waals surface area (Å²) in [5.41, 5.74) is 0.281. The van der Waals surface area contributed by atoms with Gasteiger partial charge in [0.15, 0.2) is 17.4 Å². The molecule has 1 fully saturated rings. The van der Waals surface area contributed by atoms with E-state index >= 15 is 0 Å². The predicted molar refractivity (Wildman–Crippen MR) is 77.3 cm³/mol. The first-order valence-electron chi connectivity index (χ1n) is 6.89. The Hall–Kier alpha value is -2.48. The fraction of sp³-hybridized carbons (Fsp3) is 0.286. The predicted octanol–water partition coefficient (Wildman–Crippen LogP) is 2.59. The minimum atomic E-state index is -0.307. The van der Waals surface area contributed by atoms with E-state index < -0.39 is 0 Å². The molecule has 112 valence electrons. The number of carbonyl (C=O) groups is 1. The molecule has 3 heterocycles.